The fourth-order valence-electron chi connectivity index (χ4n) is 5.79. The van der Waals surface area contributed by atoms with E-state index in [-0.39, 0.29) is 17.6 Å². The molecule has 3 heterocycles. The lowest BCUT2D eigenvalue weighted by Crippen LogP contribution is -2.58. The van der Waals surface area contributed by atoms with E-state index in [0.717, 1.165) is 29.7 Å². The SMILES string of the molecule is CCCc1cc(C(=O)N2CCC3(CC2)C[C@@H](O)[C@H](c2ccccc2)N(Cc2cccc(Cl)c2)C3=O)on1. The van der Waals surface area contributed by atoms with Crippen LogP contribution in [0.25, 0.3) is 0 Å². The Hall–Kier alpha value is -3.16. The molecule has 2 atom stereocenters. The number of aliphatic hydroxyl groups excluding tert-OH is 1. The van der Waals surface area contributed by atoms with Gasteiger partial charge in [0.05, 0.1) is 23.3 Å². The number of aromatic nitrogens is 1. The molecule has 2 aliphatic rings. The van der Waals surface area contributed by atoms with Crippen LogP contribution in [0.2, 0.25) is 5.02 Å². The predicted molar refractivity (Wildman–Crippen MR) is 140 cm³/mol. The molecule has 0 saturated carbocycles. The topological polar surface area (TPSA) is 86.9 Å². The van der Waals surface area contributed by atoms with Gasteiger partial charge < -0.3 is 19.4 Å². The minimum atomic E-state index is -0.729. The smallest absolute Gasteiger partial charge is 0.292 e. The first-order valence-corrected chi connectivity index (χ1v) is 13.3. The normalized spacial score (nSPS) is 21.4. The Morgan fingerprint density at radius 3 is 2.59 bits per heavy atom. The lowest BCUT2D eigenvalue weighted by molar-refractivity contribution is -0.164. The van der Waals surface area contributed by atoms with Gasteiger partial charge in [-0.1, -0.05) is 72.6 Å². The van der Waals surface area contributed by atoms with E-state index >= 15 is 0 Å². The summed E-state index contributed by atoms with van der Waals surface area (Å²) in [6, 6.07) is 18.4. The Morgan fingerprint density at radius 2 is 1.89 bits per heavy atom. The van der Waals surface area contributed by atoms with Gasteiger partial charge in [0.1, 0.15) is 0 Å². The summed E-state index contributed by atoms with van der Waals surface area (Å²) in [6.45, 7) is 3.23. The average Bonchev–Trinajstić information content (AvgIpc) is 3.37. The quantitative estimate of drug-likeness (QED) is 0.491. The van der Waals surface area contributed by atoms with Crippen molar-refractivity contribution >= 4 is 23.4 Å². The molecular formula is C29H32ClN3O4. The Labute approximate surface area is 222 Å². The maximum Gasteiger partial charge on any atom is 0.292 e. The molecule has 2 amide bonds. The molecule has 5 rings (SSSR count). The molecule has 0 bridgehead atoms. The summed E-state index contributed by atoms with van der Waals surface area (Å²) in [6.07, 6.45) is 2.29. The van der Waals surface area contributed by atoms with Gasteiger partial charge in [-0.15, -0.1) is 0 Å². The Bertz CT molecular complexity index is 1250. The zero-order chi connectivity index (χ0) is 26.0. The first kappa shape index (κ1) is 25.5. The molecule has 1 aromatic heterocycles. The van der Waals surface area contributed by atoms with Gasteiger partial charge in [-0.3, -0.25) is 9.59 Å². The highest BCUT2D eigenvalue weighted by molar-refractivity contribution is 6.30. The first-order chi connectivity index (χ1) is 17.9. The Balaban J connectivity index is 1.37. The molecule has 1 spiro atoms. The van der Waals surface area contributed by atoms with Gasteiger partial charge in [-0.25, -0.2) is 0 Å². The second-order valence-electron chi connectivity index (χ2n) is 10.2. The van der Waals surface area contributed by atoms with E-state index in [4.69, 9.17) is 16.1 Å². The first-order valence-electron chi connectivity index (χ1n) is 12.9. The molecule has 2 fully saturated rings. The van der Waals surface area contributed by atoms with E-state index in [1.54, 1.807) is 21.9 Å². The third kappa shape index (κ3) is 5.15. The van der Waals surface area contributed by atoms with Crippen molar-refractivity contribution in [3.63, 3.8) is 0 Å². The number of amides is 2. The van der Waals surface area contributed by atoms with Crippen molar-refractivity contribution in [1.82, 2.24) is 15.0 Å². The molecule has 194 valence electrons. The maximum absolute atomic E-state index is 14.2. The third-order valence-electron chi connectivity index (χ3n) is 7.68. The van der Waals surface area contributed by atoms with Crippen LogP contribution in [0.1, 0.15) is 66.0 Å². The minimum Gasteiger partial charge on any atom is -0.391 e. The van der Waals surface area contributed by atoms with Crippen LogP contribution in [0.4, 0.5) is 0 Å². The van der Waals surface area contributed by atoms with Crippen LogP contribution in [0.5, 0.6) is 0 Å². The fourth-order valence-corrected chi connectivity index (χ4v) is 6.00. The lowest BCUT2D eigenvalue weighted by atomic mass is 9.68. The number of carbonyl (C=O) groups excluding carboxylic acids is 2. The number of aryl methyl sites for hydroxylation is 1. The molecule has 2 saturated heterocycles. The monoisotopic (exact) mass is 521 g/mol. The Morgan fingerprint density at radius 1 is 1.14 bits per heavy atom. The van der Waals surface area contributed by atoms with Gasteiger partial charge in [0.25, 0.3) is 5.91 Å². The maximum atomic E-state index is 14.2. The summed E-state index contributed by atoms with van der Waals surface area (Å²) in [5, 5.41) is 16.0. The largest absolute Gasteiger partial charge is 0.391 e. The van der Waals surface area contributed by atoms with Crippen molar-refractivity contribution in [2.75, 3.05) is 13.1 Å². The van der Waals surface area contributed by atoms with Crippen LogP contribution in [0, 0.1) is 5.41 Å². The molecule has 2 aromatic carbocycles. The number of likely N-dealkylation sites (tertiary alicyclic amines) is 2. The molecule has 7 nitrogen and oxygen atoms in total. The van der Waals surface area contributed by atoms with Crippen molar-refractivity contribution in [2.24, 2.45) is 5.41 Å². The van der Waals surface area contributed by atoms with Crippen LogP contribution >= 0.6 is 11.6 Å². The van der Waals surface area contributed by atoms with E-state index in [9.17, 15) is 14.7 Å². The van der Waals surface area contributed by atoms with Gasteiger partial charge in [0, 0.05) is 30.7 Å². The van der Waals surface area contributed by atoms with Crippen LogP contribution in [-0.4, -0.2) is 51.1 Å². The number of rotatable bonds is 6. The van der Waals surface area contributed by atoms with Crippen molar-refractivity contribution in [2.45, 2.75) is 57.7 Å². The number of halogens is 1. The second kappa shape index (κ2) is 10.7. The van der Waals surface area contributed by atoms with Gasteiger partial charge >= 0.3 is 0 Å². The third-order valence-corrected chi connectivity index (χ3v) is 7.92. The number of hydrogen-bond donors (Lipinski definition) is 1. The summed E-state index contributed by atoms with van der Waals surface area (Å²) < 4.78 is 5.30. The number of nitrogens with zero attached hydrogens (tertiary/aromatic N) is 3. The highest BCUT2D eigenvalue weighted by Gasteiger charge is 2.52. The lowest BCUT2D eigenvalue weighted by Gasteiger charge is -2.51. The number of benzene rings is 2. The highest BCUT2D eigenvalue weighted by Crippen LogP contribution is 2.47. The second-order valence-corrected chi connectivity index (χ2v) is 10.6. The zero-order valence-corrected chi connectivity index (χ0v) is 21.7. The van der Waals surface area contributed by atoms with Crippen molar-refractivity contribution in [1.29, 1.82) is 0 Å². The summed E-state index contributed by atoms with van der Waals surface area (Å²) in [5.74, 6) is 0.0520. The summed E-state index contributed by atoms with van der Waals surface area (Å²) in [4.78, 5) is 30.8. The molecule has 1 N–H and O–H groups in total. The van der Waals surface area contributed by atoms with Gasteiger partial charge in [-0.05, 0) is 48.9 Å². The van der Waals surface area contributed by atoms with Crippen LogP contribution in [0.3, 0.4) is 0 Å². The molecule has 0 aliphatic carbocycles. The van der Waals surface area contributed by atoms with E-state index < -0.39 is 17.6 Å². The summed E-state index contributed by atoms with van der Waals surface area (Å²) >= 11 is 6.24. The van der Waals surface area contributed by atoms with Crippen LogP contribution < -0.4 is 0 Å². The van der Waals surface area contributed by atoms with Crippen LogP contribution in [-0.2, 0) is 17.8 Å². The molecule has 8 heteroatoms. The van der Waals surface area contributed by atoms with Gasteiger partial charge in [0.15, 0.2) is 0 Å². The van der Waals surface area contributed by atoms with E-state index in [1.165, 1.54) is 0 Å². The molecular weight excluding hydrogens is 490 g/mol. The minimum absolute atomic E-state index is 0.0172. The summed E-state index contributed by atoms with van der Waals surface area (Å²) in [7, 11) is 0. The predicted octanol–water partition coefficient (Wildman–Crippen LogP) is 5.04. The number of piperidine rings is 2. The van der Waals surface area contributed by atoms with Gasteiger partial charge in [-0.2, -0.15) is 0 Å². The molecule has 0 unspecified atom stereocenters. The molecule has 3 aromatic rings. The Kier molecular flexibility index (Phi) is 7.36. The average molecular weight is 522 g/mol. The molecule has 2 aliphatic heterocycles. The molecule has 0 radical (unpaired) electrons. The highest BCUT2D eigenvalue weighted by atomic mass is 35.5. The van der Waals surface area contributed by atoms with E-state index in [1.807, 2.05) is 55.5 Å². The fraction of sp³-hybridized carbons (Fsp3) is 0.414. The molecule has 37 heavy (non-hydrogen) atoms. The summed E-state index contributed by atoms with van der Waals surface area (Å²) in [5.41, 5.74) is 1.86. The van der Waals surface area contributed by atoms with E-state index in [0.29, 0.717) is 43.9 Å². The van der Waals surface area contributed by atoms with Gasteiger partial charge in [0.2, 0.25) is 11.7 Å². The van der Waals surface area contributed by atoms with Crippen molar-refractivity contribution in [3.8, 4) is 0 Å². The standard InChI is InChI=1S/C29H32ClN3O4/c1-2-7-23-17-25(37-31-23)27(35)32-14-12-29(13-15-32)18-24(34)26(21-9-4-3-5-10-21)33(28(29)36)19-20-8-6-11-22(30)16-20/h3-6,8-11,16-17,24,26,34H,2,7,12-15,18-19H2,1H3/t24-,26+/m1/s1. The van der Waals surface area contributed by atoms with Crippen molar-refractivity contribution in [3.05, 3.63) is 88.3 Å². The number of hydrogen-bond acceptors (Lipinski definition) is 5. The number of aliphatic hydroxyl groups is 1. The van der Waals surface area contributed by atoms with Crippen molar-refractivity contribution < 1.29 is 19.2 Å². The zero-order valence-electron chi connectivity index (χ0n) is 21.0. The van der Waals surface area contributed by atoms with Crippen LogP contribution in [0.15, 0.2) is 65.2 Å². The number of carbonyl (C=O) groups is 2. The van der Waals surface area contributed by atoms with E-state index in [2.05, 4.69) is 5.16 Å².